The summed E-state index contributed by atoms with van der Waals surface area (Å²) in [7, 11) is 0. The second-order valence-corrected chi connectivity index (χ2v) is 8.37. The highest BCUT2D eigenvalue weighted by atomic mass is 16.1. The summed E-state index contributed by atoms with van der Waals surface area (Å²) >= 11 is 0. The Labute approximate surface area is 155 Å². The molecule has 3 heterocycles. The SMILES string of the molecule is Cc1ncc(CN2CCC(Cn3cnc(C(C)(C)C)cc3=O)CC2)cn1. The molecule has 1 aliphatic heterocycles. The van der Waals surface area contributed by atoms with Crippen LogP contribution in [0.1, 0.15) is 50.7 Å². The molecule has 6 nitrogen and oxygen atoms in total. The minimum atomic E-state index is -0.0940. The highest BCUT2D eigenvalue weighted by Gasteiger charge is 2.21. The number of nitrogens with zero attached hydrogens (tertiary/aromatic N) is 5. The number of aryl methyl sites for hydroxylation is 1. The van der Waals surface area contributed by atoms with Crippen LogP contribution in [0.25, 0.3) is 0 Å². The molecular formula is C20H29N5O. The zero-order valence-corrected chi connectivity index (χ0v) is 16.3. The molecule has 1 aliphatic rings. The van der Waals surface area contributed by atoms with Gasteiger partial charge in [0.15, 0.2) is 0 Å². The van der Waals surface area contributed by atoms with Gasteiger partial charge in [0.2, 0.25) is 0 Å². The van der Waals surface area contributed by atoms with Crippen LogP contribution in [0.4, 0.5) is 0 Å². The monoisotopic (exact) mass is 355 g/mol. The number of piperidine rings is 1. The Morgan fingerprint density at radius 2 is 1.77 bits per heavy atom. The summed E-state index contributed by atoms with van der Waals surface area (Å²) in [6, 6.07) is 1.69. The fraction of sp³-hybridized carbons (Fsp3) is 0.600. The largest absolute Gasteiger partial charge is 0.299 e. The molecule has 3 rings (SSSR count). The van der Waals surface area contributed by atoms with Crippen LogP contribution in [0.5, 0.6) is 0 Å². The molecule has 0 radical (unpaired) electrons. The maximum Gasteiger partial charge on any atom is 0.253 e. The number of aromatic nitrogens is 4. The Morgan fingerprint density at radius 1 is 1.12 bits per heavy atom. The van der Waals surface area contributed by atoms with Crippen molar-refractivity contribution in [3.8, 4) is 0 Å². The number of rotatable bonds is 4. The molecule has 0 saturated carbocycles. The molecule has 26 heavy (non-hydrogen) atoms. The Bertz CT molecular complexity index is 783. The van der Waals surface area contributed by atoms with Crippen LogP contribution in [0.3, 0.4) is 0 Å². The van der Waals surface area contributed by atoms with Crippen molar-refractivity contribution in [2.24, 2.45) is 5.92 Å². The normalized spacial score (nSPS) is 16.8. The van der Waals surface area contributed by atoms with Crippen LogP contribution < -0.4 is 5.56 Å². The molecule has 0 aliphatic carbocycles. The lowest BCUT2D eigenvalue weighted by molar-refractivity contribution is 0.166. The smallest absolute Gasteiger partial charge is 0.253 e. The molecule has 2 aromatic heterocycles. The lowest BCUT2D eigenvalue weighted by Crippen LogP contribution is -2.36. The van der Waals surface area contributed by atoms with Crippen molar-refractivity contribution in [2.75, 3.05) is 13.1 Å². The van der Waals surface area contributed by atoms with E-state index in [1.165, 1.54) is 0 Å². The summed E-state index contributed by atoms with van der Waals surface area (Å²) in [4.78, 5) is 27.9. The molecule has 0 aromatic carbocycles. The van der Waals surface area contributed by atoms with Crippen molar-refractivity contribution in [3.05, 3.63) is 52.2 Å². The van der Waals surface area contributed by atoms with Gasteiger partial charge in [-0.1, -0.05) is 20.8 Å². The van der Waals surface area contributed by atoms with E-state index in [9.17, 15) is 4.79 Å². The van der Waals surface area contributed by atoms with E-state index in [1.807, 2.05) is 19.3 Å². The second-order valence-electron chi connectivity index (χ2n) is 8.37. The molecule has 0 spiro atoms. The van der Waals surface area contributed by atoms with Crippen LogP contribution >= 0.6 is 0 Å². The van der Waals surface area contributed by atoms with Crippen LogP contribution in [-0.4, -0.2) is 37.5 Å². The van der Waals surface area contributed by atoms with Gasteiger partial charge in [-0.2, -0.15) is 0 Å². The van der Waals surface area contributed by atoms with Gasteiger partial charge in [0.05, 0.1) is 12.0 Å². The van der Waals surface area contributed by atoms with Gasteiger partial charge >= 0.3 is 0 Å². The van der Waals surface area contributed by atoms with Crippen LogP contribution in [-0.2, 0) is 18.5 Å². The average Bonchev–Trinajstić information content (AvgIpc) is 2.59. The highest BCUT2D eigenvalue weighted by molar-refractivity contribution is 5.10. The third-order valence-electron chi connectivity index (χ3n) is 5.05. The fourth-order valence-electron chi connectivity index (χ4n) is 3.34. The van der Waals surface area contributed by atoms with E-state index >= 15 is 0 Å². The second kappa shape index (κ2) is 7.66. The van der Waals surface area contributed by atoms with Gasteiger partial charge in [-0.3, -0.25) is 14.3 Å². The van der Waals surface area contributed by atoms with Gasteiger partial charge in [0, 0.05) is 42.5 Å². The van der Waals surface area contributed by atoms with E-state index < -0.39 is 0 Å². The standard InChI is InChI=1S/C20H29N5O/c1-15-21-10-17(11-22-15)12-24-7-5-16(6-8-24)13-25-14-23-18(9-19(25)26)20(2,3)4/h9-11,14,16H,5-8,12-13H2,1-4H3. The van der Waals surface area contributed by atoms with Crippen molar-refractivity contribution >= 4 is 0 Å². The molecule has 1 saturated heterocycles. The van der Waals surface area contributed by atoms with Crippen LogP contribution in [0.15, 0.2) is 29.6 Å². The van der Waals surface area contributed by atoms with Crippen LogP contribution in [0.2, 0.25) is 0 Å². The van der Waals surface area contributed by atoms with Crippen molar-refractivity contribution in [3.63, 3.8) is 0 Å². The third-order valence-corrected chi connectivity index (χ3v) is 5.05. The van der Waals surface area contributed by atoms with Crippen molar-refractivity contribution in [1.82, 2.24) is 24.4 Å². The number of likely N-dealkylation sites (tertiary alicyclic amines) is 1. The summed E-state index contributed by atoms with van der Waals surface area (Å²) in [5, 5.41) is 0. The Balaban J connectivity index is 1.54. The van der Waals surface area contributed by atoms with Crippen molar-refractivity contribution < 1.29 is 0 Å². The molecule has 2 aromatic rings. The molecule has 1 fully saturated rings. The predicted octanol–water partition coefficient (Wildman–Crippen LogP) is 2.55. The first-order valence-corrected chi connectivity index (χ1v) is 9.38. The maximum atomic E-state index is 12.4. The first-order valence-electron chi connectivity index (χ1n) is 9.38. The molecular weight excluding hydrogens is 326 g/mol. The molecule has 0 atom stereocenters. The first kappa shape index (κ1) is 18.7. The van der Waals surface area contributed by atoms with E-state index in [0.717, 1.165) is 56.1 Å². The van der Waals surface area contributed by atoms with E-state index in [0.29, 0.717) is 5.92 Å². The maximum absolute atomic E-state index is 12.4. The van der Waals surface area contributed by atoms with Gasteiger partial charge in [-0.15, -0.1) is 0 Å². The zero-order valence-electron chi connectivity index (χ0n) is 16.3. The van der Waals surface area contributed by atoms with Gasteiger partial charge in [-0.05, 0) is 38.8 Å². The lowest BCUT2D eigenvalue weighted by Gasteiger charge is -2.32. The van der Waals surface area contributed by atoms with Crippen molar-refractivity contribution in [2.45, 2.75) is 59.0 Å². The van der Waals surface area contributed by atoms with E-state index in [1.54, 1.807) is 17.0 Å². The van der Waals surface area contributed by atoms with Crippen LogP contribution in [0, 0.1) is 12.8 Å². The third kappa shape index (κ3) is 4.75. The lowest BCUT2D eigenvalue weighted by atomic mass is 9.92. The summed E-state index contributed by atoms with van der Waals surface area (Å²) in [5.41, 5.74) is 1.98. The molecule has 140 valence electrons. The fourth-order valence-corrected chi connectivity index (χ4v) is 3.34. The Hall–Kier alpha value is -2.08. The predicted molar refractivity (Wildman–Crippen MR) is 102 cm³/mol. The minimum absolute atomic E-state index is 0.0594. The topological polar surface area (TPSA) is 63.9 Å². The first-order chi connectivity index (χ1) is 12.3. The average molecular weight is 355 g/mol. The van der Waals surface area contributed by atoms with E-state index in [4.69, 9.17) is 0 Å². The minimum Gasteiger partial charge on any atom is -0.299 e. The quantitative estimate of drug-likeness (QED) is 0.843. The summed E-state index contributed by atoms with van der Waals surface area (Å²) in [5.74, 6) is 1.34. The molecule has 0 N–H and O–H groups in total. The van der Waals surface area contributed by atoms with Gasteiger partial charge in [-0.25, -0.2) is 15.0 Å². The summed E-state index contributed by atoms with van der Waals surface area (Å²) in [6.45, 7) is 11.9. The summed E-state index contributed by atoms with van der Waals surface area (Å²) in [6.07, 6.45) is 7.74. The highest BCUT2D eigenvalue weighted by Crippen LogP contribution is 2.21. The molecule has 0 bridgehead atoms. The molecule has 0 amide bonds. The van der Waals surface area contributed by atoms with E-state index in [2.05, 4.69) is 40.6 Å². The van der Waals surface area contributed by atoms with Gasteiger partial charge in [0.1, 0.15) is 5.82 Å². The van der Waals surface area contributed by atoms with Crippen molar-refractivity contribution in [1.29, 1.82) is 0 Å². The zero-order chi connectivity index (χ0) is 18.7. The molecule has 0 unspecified atom stereocenters. The Kier molecular flexibility index (Phi) is 5.51. The number of hydrogen-bond donors (Lipinski definition) is 0. The summed E-state index contributed by atoms with van der Waals surface area (Å²) < 4.78 is 1.77. The Morgan fingerprint density at radius 3 is 2.35 bits per heavy atom. The molecule has 6 heteroatoms. The van der Waals surface area contributed by atoms with E-state index in [-0.39, 0.29) is 11.0 Å². The number of hydrogen-bond acceptors (Lipinski definition) is 5. The van der Waals surface area contributed by atoms with Gasteiger partial charge < -0.3 is 0 Å². The van der Waals surface area contributed by atoms with Gasteiger partial charge in [0.25, 0.3) is 5.56 Å².